The molecule has 0 aromatic heterocycles. The molecule has 4 nitrogen and oxygen atoms in total. The minimum absolute atomic E-state index is 0.139. The highest BCUT2D eigenvalue weighted by molar-refractivity contribution is 5.94. The predicted octanol–water partition coefficient (Wildman–Crippen LogP) is 3.49. The second-order valence-corrected chi connectivity index (χ2v) is 5.30. The van der Waals surface area contributed by atoms with E-state index in [2.05, 4.69) is 5.32 Å². The maximum Gasteiger partial charge on any atom is 0.251 e. The first-order valence-corrected chi connectivity index (χ1v) is 7.56. The number of nitrogens with one attached hydrogen (secondary N) is 1. The van der Waals surface area contributed by atoms with Crippen molar-refractivity contribution in [3.63, 3.8) is 0 Å². The molecule has 0 bridgehead atoms. The minimum Gasteiger partial charge on any atom is -0.497 e. The largest absolute Gasteiger partial charge is 0.497 e. The molecule has 120 valence electrons. The van der Waals surface area contributed by atoms with Gasteiger partial charge in [0.15, 0.2) is 11.6 Å². The van der Waals surface area contributed by atoms with Crippen molar-refractivity contribution in [1.29, 1.82) is 0 Å². The summed E-state index contributed by atoms with van der Waals surface area (Å²) < 4.78 is 24.2. The molecule has 2 rings (SSSR count). The van der Waals surface area contributed by atoms with Crippen molar-refractivity contribution < 1.29 is 18.7 Å². The van der Waals surface area contributed by atoms with Gasteiger partial charge in [-0.25, -0.2) is 4.39 Å². The molecule has 0 saturated heterocycles. The van der Waals surface area contributed by atoms with Crippen molar-refractivity contribution in [1.82, 2.24) is 5.32 Å². The molecule has 1 aliphatic heterocycles. The molecule has 1 atom stereocenters. The quantitative estimate of drug-likeness (QED) is 0.906. The Morgan fingerprint density at radius 2 is 2.27 bits per heavy atom. The van der Waals surface area contributed by atoms with Gasteiger partial charge in [-0.2, -0.15) is 0 Å². The summed E-state index contributed by atoms with van der Waals surface area (Å²) in [6.45, 7) is 4.46. The van der Waals surface area contributed by atoms with E-state index < -0.39 is 5.82 Å². The van der Waals surface area contributed by atoms with E-state index >= 15 is 0 Å². The van der Waals surface area contributed by atoms with Crippen molar-refractivity contribution in [3.05, 3.63) is 40.9 Å². The molecule has 1 aromatic rings. The fraction of sp³-hybridized carbons (Fsp3) is 0.471. The summed E-state index contributed by atoms with van der Waals surface area (Å²) in [5.74, 6) is 0.381. The van der Waals surface area contributed by atoms with E-state index in [1.807, 2.05) is 13.8 Å². The van der Waals surface area contributed by atoms with Crippen molar-refractivity contribution >= 4 is 5.91 Å². The van der Waals surface area contributed by atoms with E-state index in [1.165, 1.54) is 13.2 Å². The molecule has 0 saturated carbocycles. The number of hydrogen-bond donors (Lipinski definition) is 1. The highest BCUT2D eigenvalue weighted by atomic mass is 19.1. The SMILES string of the molecule is CCC1=C(C(=O)NC(C)c2ccc(OC)c(F)c2)CCCO1. The van der Waals surface area contributed by atoms with E-state index in [1.54, 1.807) is 12.1 Å². The Morgan fingerprint density at radius 3 is 2.91 bits per heavy atom. The monoisotopic (exact) mass is 307 g/mol. The molecule has 0 radical (unpaired) electrons. The number of allylic oxidation sites excluding steroid dienone is 1. The third-order valence-electron chi connectivity index (χ3n) is 3.80. The summed E-state index contributed by atoms with van der Waals surface area (Å²) in [5.41, 5.74) is 1.40. The van der Waals surface area contributed by atoms with Gasteiger partial charge >= 0.3 is 0 Å². The molecule has 1 aliphatic rings. The number of rotatable bonds is 5. The smallest absolute Gasteiger partial charge is 0.251 e. The van der Waals surface area contributed by atoms with Crippen LogP contribution in [0.1, 0.15) is 44.7 Å². The molecule has 0 aliphatic carbocycles. The topological polar surface area (TPSA) is 47.6 Å². The summed E-state index contributed by atoms with van der Waals surface area (Å²) in [5, 5.41) is 2.91. The van der Waals surface area contributed by atoms with Gasteiger partial charge in [-0.05, 0) is 37.5 Å². The van der Waals surface area contributed by atoms with Crippen molar-refractivity contribution in [3.8, 4) is 5.75 Å². The second kappa shape index (κ2) is 7.29. The molecule has 5 heteroatoms. The Balaban J connectivity index is 2.11. The summed E-state index contributed by atoms with van der Waals surface area (Å²) in [7, 11) is 1.42. The lowest BCUT2D eigenvalue weighted by molar-refractivity contribution is -0.118. The summed E-state index contributed by atoms with van der Waals surface area (Å²) in [6.07, 6.45) is 2.27. The number of halogens is 1. The van der Waals surface area contributed by atoms with Gasteiger partial charge in [0.25, 0.3) is 5.91 Å². The zero-order valence-corrected chi connectivity index (χ0v) is 13.2. The summed E-state index contributed by atoms with van der Waals surface area (Å²) in [4.78, 5) is 12.4. The first-order valence-electron chi connectivity index (χ1n) is 7.56. The molecule has 0 spiro atoms. The lowest BCUT2D eigenvalue weighted by Crippen LogP contribution is -2.30. The Kier molecular flexibility index (Phi) is 5.41. The first-order chi connectivity index (χ1) is 10.6. The van der Waals surface area contributed by atoms with Gasteiger partial charge in [-0.1, -0.05) is 13.0 Å². The second-order valence-electron chi connectivity index (χ2n) is 5.30. The third kappa shape index (κ3) is 3.59. The standard InChI is InChI=1S/C17H22FNO3/c1-4-15-13(6-5-9-22-15)17(20)19-11(2)12-7-8-16(21-3)14(18)10-12/h7-8,10-11H,4-6,9H2,1-3H3,(H,19,20). The van der Waals surface area contributed by atoms with Gasteiger partial charge in [-0.15, -0.1) is 0 Å². The van der Waals surface area contributed by atoms with Crippen LogP contribution in [0.5, 0.6) is 5.75 Å². The maximum atomic E-state index is 13.8. The summed E-state index contributed by atoms with van der Waals surface area (Å²) in [6, 6.07) is 4.41. The zero-order chi connectivity index (χ0) is 16.1. The van der Waals surface area contributed by atoms with Crippen LogP contribution in [0.3, 0.4) is 0 Å². The van der Waals surface area contributed by atoms with Crippen LogP contribution < -0.4 is 10.1 Å². The molecule has 1 unspecified atom stereocenters. The number of ether oxygens (including phenoxy) is 2. The van der Waals surface area contributed by atoms with Crippen LogP contribution >= 0.6 is 0 Å². The Hall–Kier alpha value is -2.04. The first kappa shape index (κ1) is 16.3. The number of carbonyl (C=O) groups is 1. The van der Waals surface area contributed by atoms with Crippen LogP contribution in [0.4, 0.5) is 4.39 Å². The zero-order valence-electron chi connectivity index (χ0n) is 13.2. The van der Waals surface area contributed by atoms with Crippen LogP contribution in [-0.2, 0) is 9.53 Å². The van der Waals surface area contributed by atoms with Crippen LogP contribution in [-0.4, -0.2) is 19.6 Å². The van der Waals surface area contributed by atoms with Crippen molar-refractivity contribution in [2.45, 2.75) is 39.2 Å². The van der Waals surface area contributed by atoms with E-state index in [9.17, 15) is 9.18 Å². The average Bonchev–Trinajstić information content (AvgIpc) is 2.54. The van der Waals surface area contributed by atoms with E-state index in [0.717, 1.165) is 18.6 Å². The van der Waals surface area contributed by atoms with Gasteiger partial charge in [0.05, 0.1) is 25.3 Å². The Labute approximate surface area is 130 Å². The predicted molar refractivity (Wildman–Crippen MR) is 82.0 cm³/mol. The lowest BCUT2D eigenvalue weighted by atomic mass is 10.0. The molecule has 1 N–H and O–H groups in total. The number of benzene rings is 1. The number of carbonyl (C=O) groups excluding carboxylic acids is 1. The van der Waals surface area contributed by atoms with Crippen molar-refractivity contribution in [2.75, 3.05) is 13.7 Å². The van der Waals surface area contributed by atoms with Crippen molar-refractivity contribution in [2.24, 2.45) is 0 Å². The number of hydrogen-bond acceptors (Lipinski definition) is 3. The number of amides is 1. The average molecular weight is 307 g/mol. The molecule has 0 fully saturated rings. The molecular weight excluding hydrogens is 285 g/mol. The Morgan fingerprint density at radius 1 is 1.50 bits per heavy atom. The van der Waals surface area contributed by atoms with Crippen LogP contribution in [0.15, 0.2) is 29.5 Å². The van der Waals surface area contributed by atoms with Gasteiger partial charge in [0.1, 0.15) is 5.76 Å². The fourth-order valence-electron chi connectivity index (χ4n) is 2.55. The molecule has 1 aromatic carbocycles. The van der Waals surface area contributed by atoms with Gasteiger partial charge in [0, 0.05) is 6.42 Å². The van der Waals surface area contributed by atoms with E-state index in [-0.39, 0.29) is 17.7 Å². The van der Waals surface area contributed by atoms with Gasteiger partial charge in [0.2, 0.25) is 0 Å². The van der Waals surface area contributed by atoms with E-state index in [4.69, 9.17) is 9.47 Å². The number of methoxy groups -OCH3 is 1. The van der Waals surface area contributed by atoms with Gasteiger partial charge < -0.3 is 14.8 Å². The lowest BCUT2D eigenvalue weighted by Gasteiger charge is -2.22. The Bertz CT molecular complexity index is 583. The molecule has 1 heterocycles. The summed E-state index contributed by atoms with van der Waals surface area (Å²) >= 11 is 0. The van der Waals surface area contributed by atoms with Crippen LogP contribution in [0.25, 0.3) is 0 Å². The van der Waals surface area contributed by atoms with E-state index in [0.29, 0.717) is 24.2 Å². The molecule has 1 amide bonds. The van der Waals surface area contributed by atoms with Crippen LogP contribution in [0.2, 0.25) is 0 Å². The third-order valence-corrected chi connectivity index (χ3v) is 3.80. The highest BCUT2D eigenvalue weighted by Crippen LogP contribution is 2.24. The molecule has 22 heavy (non-hydrogen) atoms. The fourth-order valence-corrected chi connectivity index (χ4v) is 2.55. The minimum atomic E-state index is -0.435. The highest BCUT2D eigenvalue weighted by Gasteiger charge is 2.21. The molecular formula is C17H22FNO3. The van der Waals surface area contributed by atoms with Gasteiger partial charge in [-0.3, -0.25) is 4.79 Å². The van der Waals surface area contributed by atoms with Crippen LogP contribution in [0, 0.1) is 5.82 Å². The maximum absolute atomic E-state index is 13.8. The normalized spacial score (nSPS) is 16.0.